The Morgan fingerprint density at radius 2 is 2.55 bits per heavy atom. The van der Waals surface area contributed by atoms with Crippen molar-refractivity contribution in [3.8, 4) is 11.8 Å². The Morgan fingerprint density at radius 3 is 3.18 bits per heavy atom. The Balaban J connectivity index is 3.05. The molecule has 0 fully saturated rings. The van der Waals surface area contributed by atoms with E-state index in [1.807, 2.05) is 0 Å². The van der Waals surface area contributed by atoms with Crippen molar-refractivity contribution in [1.82, 2.24) is 9.97 Å². The Labute approximate surface area is 62.9 Å². The van der Waals surface area contributed by atoms with E-state index in [-0.39, 0.29) is 17.7 Å². The van der Waals surface area contributed by atoms with Gasteiger partial charge in [0.05, 0.1) is 6.33 Å². The molecular formula is C7H6N2O2. The average molecular weight is 150 g/mol. The molecule has 4 nitrogen and oxygen atoms in total. The Hall–Kier alpha value is -1.60. The summed E-state index contributed by atoms with van der Waals surface area (Å²) in [5.41, 5.74) is -0.0255. The third kappa shape index (κ3) is 1.92. The molecule has 0 unspecified atom stereocenters. The van der Waals surface area contributed by atoms with Crippen LogP contribution < -0.4 is 5.56 Å². The number of rotatable bonds is 0. The molecule has 0 bridgehead atoms. The Morgan fingerprint density at radius 1 is 1.73 bits per heavy atom. The smallest absolute Gasteiger partial charge is 0.266 e. The number of hydrogen-bond donors (Lipinski definition) is 2. The van der Waals surface area contributed by atoms with Gasteiger partial charge < -0.3 is 10.1 Å². The number of nitrogens with one attached hydrogen (secondary N) is 1. The van der Waals surface area contributed by atoms with Gasteiger partial charge in [0.25, 0.3) is 5.56 Å². The van der Waals surface area contributed by atoms with Crippen molar-refractivity contribution in [2.24, 2.45) is 0 Å². The second-order valence-electron chi connectivity index (χ2n) is 1.75. The molecule has 11 heavy (non-hydrogen) atoms. The van der Waals surface area contributed by atoms with Gasteiger partial charge in [-0.3, -0.25) is 4.79 Å². The molecule has 2 N–H and O–H groups in total. The van der Waals surface area contributed by atoms with Crippen molar-refractivity contribution in [3.63, 3.8) is 0 Å². The van der Waals surface area contributed by atoms with Crippen LogP contribution >= 0.6 is 0 Å². The van der Waals surface area contributed by atoms with Crippen molar-refractivity contribution >= 4 is 0 Å². The molecule has 0 aliphatic carbocycles. The highest BCUT2D eigenvalue weighted by molar-refractivity contribution is 5.28. The summed E-state index contributed by atoms with van der Waals surface area (Å²) in [4.78, 5) is 16.9. The first-order chi connectivity index (χ1) is 5.34. The molecule has 0 spiro atoms. The third-order valence-corrected chi connectivity index (χ3v) is 1.02. The van der Waals surface area contributed by atoms with Crippen molar-refractivity contribution in [3.05, 3.63) is 28.4 Å². The zero-order chi connectivity index (χ0) is 8.10. The van der Waals surface area contributed by atoms with Crippen molar-refractivity contribution < 1.29 is 5.11 Å². The monoisotopic (exact) mass is 150 g/mol. The fourth-order valence-electron chi connectivity index (χ4n) is 0.568. The van der Waals surface area contributed by atoms with Crippen LogP contribution in [0.3, 0.4) is 0 Å². The van der Waals surface area contributed by atoms with Crippen LogP contribution in [-0.2, 0) is 0 Å². The fourth-order valence-corrected chi connectivity index (χ4v) is 0.568. The lowest BCUT2D eigenvalue weighted by atomic mass is 10.3. The summed E-state index contributed by atoms with van der Waals surface area (Å²) in [6.07, 6.45) is 2.63. The van der Waals surface area contributed by atoms with Gasteiger partial charge in [-0.2, -0.15) is 0 Å². The standard InChI is InChI=1S/C7H6N2O2/c10-3-1-2-6-4-8-5-9-7(6)11/h4-5,10H,3H2,(H,8,9,11). The summed E-state index contributed by atoms with van der Waals surface area (Å²) in [6.45, 7) is -0.256. The highest BCUT2D eigenvalue weighted by Gasteiger charge is 1.90. The maximum Gasteiger partial charge on any atom is 0.266 e. The number of aliphatic hydroxyl groups is 1. The molecule has 0 saturated heterocycles. The van der Waals surface area contributed by atoms with E-state index in [4.69, 9.17) is 5.11 Å². The minimum absolute atomic E-state index is 0.256. The first-order valence-corrected chi connectivity index (χ1v) is 2.97. The molecule has 0 aromatic carbocycles. The highest BCUT2D eigenvalue weighted by atomic mass is 16.2. The van der Waals surface area contributed by atoms with Crippen LogP contribution in [0.25, 0.3) is 0 Å². The summed E-state index contributed by atoms with van der Waals surface area (Å²) in [5.74, 6) is 4.81. The number of aromatic nitrogens is 2. The Bertz CT molecular complexity index is 345. The minimum Gasteiger partial charge on any atom is -0.384 e. The second kappa shape index (κ2) is 3.54. The van der Waals surface area contributed by atoms with E-state index >= 15 is 0 Å². The van der Waals surface area contributed by atoms with Crippen molar-refractivity contribution in [1.29, 1.82) is 0 Å². The second-order valence-corrected chi connectivity index (χ2v) is 1.75. The molecule has 0 atom stereocenters. The lowest BCUT2D eigenvalue weighted by Gasteiger charge is -1.84. The third-order valence-electron chi connectivity index (χ3n) is 1.02. The molecule has 1 aromatic rings. The molecule has 0 amide bonds. The van der Waals surface area contributed by atoms with E-state index < -0.39 is 0 Å². The van der Waals surface area contributed by atoms with Crippen LogP contribution in [0.15, 0.2) is 17.3 Å². The molecular weight excluding hydrogens is 144 g/mol. The molecule has 1 heterocycles. The minimum atomic E-state index is -0.291. The largest absolute Gasteiger partial charge is 0.384 e. The van der Waals surface area contributed by atoms with Gasteiger partial charge in [0.2, 0.25) is 0 Å². The van der Waals surface area contributed by atoms with Gasteiger partial charge in [0, 0.05) is 6.20 Å². The van der Waals surface area contributed by atoms with E-state index in [1.54, 1.807) is 0 Å². The highest BCUT2D eigenvalue weighted by Crippen LogP contribution is 1.79. The quantitative estimate of drug-likeness (QED) is 0.472. The predicted molar refractivity (Wildman–Crippen MR) is 38.8 cm³/mol. The van der Waals surface area contributed by atoms with Crippen LogP contribution in [0.5, 0.6) is 0 Å². The first-order valence-electron chi connectivity index (χ1n) is 2.97. The van der Waals surface area contributed by atoms with Crippen LogP contribution in [0, 0.1) is 11.8 Å². The molecule has 56 valence electrons. The number of aliphatic hydroxyl groups excluding tert-OH is 1. The number of hydrogen-bond acceptors (Lipinski definition) is 3. The Kier molecular flexibility index (Phi) is 2.42. The van der Waals surface area contributed by atoms with Crippen molar-refractivity contribution in [2.75, 3.05) is 6.61 Å². The van der Waals surface area contributed by atoms with Gasteiger partial charge in [0.1, 0.15) is 12.2 Å². The molecule has 1 aromatic heterocycles. The van der Waals surface area contributed by atoms with Gasteiger partial charge in [-0.1, -0.05) is 11.8 Å². The number of aromatic amines is 1. The van der Waals surface area contributed by atoms with Crippen LogP contribution in [0.4, 0.5) is 0 Å². The zero-order valence-electron chi connectivity index (χ0n) is 5.66. The van der Waals surface area contributed by atoms with Gasteiger partial charge in [0.15, 0.2) is 0 Å². The number of nitrogens with zero attached hydrogens (tertiary/aromatic N) is 1. The topological polar surface area (TPSA) is 66.0 Å². The summed E-state index contributed by atoms with van der Waals surface area (Å²) < 4.78 is 0. The zero-order valence-corrected chi connectivity index (χ0v) is 5.66. The van der Waals surface area contributed by atoms with E-state index in [0.29, 0.717) is 0 Å². The van der Waals surface area contributed by atoms with E-state index in [9.17, 15) is 4.79 Å². The van der Waals surface area contributed by atoms with Gasteiger partial charge in [-0.15, -0.1) is 0 Å². The van der Waals surface area contributed by atoms with Gasteiger partial charge >= 0.3 is 0 Å². The van der Waals surface area contributed by atoms with Crippen LogP contribution in [-0.4, -0.2) is 21.7 Å². The van der Waals surface area contributed by atoms with Crippen molar-refractivity contribution in [2.45, 2.75) is 0 Å². The maximum absolute atomic E-state index is 10.8. The molecule has 1 rings (SSSR count). The fraction of sp³-hybridized carbons (Fsp3) is 0.143. The van der Waals surface area contributed by atoms with E-state index in [0.717, 1.165) is 0 Å². The summed E-state index contributed by atoms with van der Waals surface area (Å²) in [6, 6.07) is 0. The predicted octanol–water partition coefficient (Wildman–Crippen LogP) is -0.886. The van der Waals surface area contributed by atoms with Gasteiger partial charge in [-0.25, -0.2) is 4.98 Å². The molecule has 0 aliphatic rings. The first kappa shape index (κ1) is 7.51. The molecule has 0 radical (unpaired) electrons. The SMILES string of the molecule is O=c1[nH]cncc1C#CCO. The number of H-pyrrole nitrogens is 1. The van der Waals surface area contributed by atoms with E-state index in [1.165, 1.54) is 12.5 Å². The van der Waals surface area contributed by atoms with Gasteiger partial charge in [-0.05, 0) is 0 Å². The summed E-state index contributed by atoms with van der Waals surface area (Å²) in [7, 11) is 0. The van der Waals surface area contributed by atoms with E-state index in [2.05, 4.69) is 21.8 Å². The molecule has 0 aliphatic heterocycles. The lowest BCUT2D eigenvalue weighted by Crippen LogP contribution is -2.09. The normalized spacial score (nSPS) is 8.45. The maximum atomic E-state index is 10.8. The lowest BCUT2D eigenvalue weighted by molar-refractivity contribution is 0.350. The summed E-state index contributed by atoms with van der Waals surface area (Å²) in [5, 5.41) is 8.31. The van der Waals surface area contributed by atoms with Crippen LogP contribution in [0.1, 0.15) is 5.56 Å². The average Bonchev–Trinajstić information content (AvgIpc) is 2.03. The summed E-state index contributed by atoms with van der Waals surface area (Å²) >= 11 is 0. The van der Waals surface area contributed by atoms with Crippen LogP contribution in [0.2, 0.25) is 0 Å². The molecule has 4 heteroatoms. The molecule has 0 saturated carbocycles.